The fraction of sp³-hybridized carbons (Fsp3) is 0.308. The van der Waals surface area contributed by atoms with Crippen LogP contribution in [0.25, 0.3) is 0 Å². The SMILES string of the molecule is Nc1nc(C2CC2)c(Cc2c(Cl)cc(F)cc2Br)s1. The van der Waals surface area contributed by atoms with Gasteiger partial charge in [0.25, 0.3) is 0 Å². The van der Waals surface area contributed by atoms with Crippen LogP contribution in [0.3, 0.4) is 0 Å². The number of aromatic nitrogens is 1. The molecular weight excluding hydrogens is 351 g/mol. The van der Waals surface area contributed by atoms with Crippen molar-refractivity contribution in [2.24, 2.45) is 0 Å². The van der Waals surface area contributed by atoms with E-state index in [0.29, 0.717) is 27.0 Å². The van der Waals surface area contributed by atoms with Crippen molar-refractivity contribution in [1.82, 2.24) is 4.98 Å². The molecule has 0 aliphatic heterocycles. The lowest BCUT2D eigenvalue weighted by molar-refractivity contribution is 0.626. The molecule has 0 saturated heterocycles. The van der Waals surface area contributed by atoms with Crippen LogP contribution in [0, 0.1) is 5.82 Å². The van der Waals surface area contributed by atoms with Gasteiger partial charge in [0.1, 0.15) is 5.82 Å². The zero-order chi connectivity index (χ0) is 13.6. The van der Waals surface area contributed by atoms with E-state index in [2.05, 4.69) is 20.9 Å². The van der Waals surface area contributed by atoms with E-state index < -0.39 is 0 Å². The Morgan fingerprint density at radius 1 is 1.47 bits per heavy atom. The number of rotatable bonds is 3. The highest BCUT2D eigenvalue weighted by Crippen LogP contribution is 2.44. The number of nitrogens with two attached hydrogens (primary N) is 1. The predicted molar refractivity (Wildman–Crippen MR) is 80.4 cm³/mol. The molecule has 0 atom stereocenters. The Hall–Kier alpha value is -0.650. The molecule has 1 aliphatic carbocycles. The van der Waals surface area contributed by atoms with Crippen molar-refractivity contribution < 1.29 is 4.39 Å². The Morgan fingerprint density at radius 3 is 2.84 bits per heavy atom. The molecule has 19 heavy (non-hydrogen) atoms. The molecule has 0 spiro atoms. The van der Waals surface area contributed by atoms with Crippen molar-refractivity contribution >= 4 is 44.0 Å². The second-order valence-corrected chi connectivity index (χ2v) is 7.04. The van der Waals surface area contributed by atoms with E-state index in [4.69, 9.17) is 17.3 Å². The number of halogens is 3. The van der Waals surface area contributed by atoms with Gasteiger partial charge in [0.15, 0.2) is 5.13 Å². The number of hydrogen-bond donors (Lipinski definition) is 1. The molecule has 0 radical (unpaired) electrons. The summed E-state index contributed by atoms with van der Waals surface area (Å²) in [4.78, 5) is 5.54. The molecule has 1 saturated carbocycles. The van der Waals surface area contributed by atoms with Gasteiger partial charge in [-0.1, -0.05) is 27.5 Å². The standard InChI is InChI=1S/C13H11BrClFN2S/c14-9-3-7(16)4-10(15)8(9)5-11-12(6-1-2-6)18-13(17)19-11/h3-4,6H,1-2,5H2,(H2,17,18). The molecule has 0 unspecified atom stereocenters. The van der Waals surface area contributed by atoms with Gasteiger partial charge < -0.3 is 5.73 Å². The third kappa shape index (κ3) is 2.78. The lowest BCUT2D eigenvalue weighted by atomic mass is 10.1. The van der Waals surface area contributed by atoms with Crippen LogP contribution in [0.2, 0.25) is 5.02 Å². The Balaban J connectivity index is 1.97. The largest absolute Gasteiger partial charge is 0.375 e. The van der Waals surface area contributed by atoms with E-state index >= 15 is 0 Å². The van der Waals surface area contributed by atoms with Crippen molar-refractivity contribution in [3.05, 3.63) is 43.6 Å². The van der Waals surface area contributed by atoms with Crippen LogP contribution in [0.15, 0.2) is 16.6 Å². The van der Waals surface area contributed by atoms with Crippen molar-refractivity contribution in [3.63, 3.8) is 0 Å². The number of thiazole rings is 1. The summed E-state index contributed by atoms with van der Waals surface area (Å²) in [5.41, 5.74) is 7.78. The molecule has 3 rings (SSSR count). The first-order valence-electron chi connectivity index (χ1n) is 5.93. The quantitative estimate of drug-likeness (QED) is 0.857. The van der Waals surface area contributed by atoms with E-state index in [1.165, 1.54) is 36.3 Å². The zero-order valence-corrected chi connectivity index (χ0v) is 13.1. The van der Waals surface area contributed by atoms with Gasteiger partial charge in [-0.25, -0.2) is 9.37 Å². The summed E-state index contributed by atoms with van der Waals surface area (Å²) < 4.78 is 13.9. The molecule has 1 aromatic heterocycles. The number of nitrogen functional groups attached to an aromatic ring is 1. The minimum Gasteiger partial charge on any atom is -0.375 e. The monoisotopic (exact) mass is 360 g/mol. The molecule has 100 valence electrons. The second-order valence-electron chi connectivity index (χ2n) is 4.66. The van der Waals surface area contributed by atoms with E-state index in [1.54, 1.807) is 0 Å². The summed E-state index contributed by atoms with van der Waals surface area (Å²) >= 11 is 11.0. The molecule has 1 aromatic carbocycles. The van der Waals surface area contributed by atoms with E-state index in [1.807, 2.05) is 0 Å². The first-order valence-corrected chi connectivity index (χ1v) is 7.92. The maximum Gasteiger partial charge on any atom is 0.180 e. The van der Waals surface area contributed by atoms with Gasteiger partial charge in [0.2, 0.25) is 0 Å². The van der Waals surface area contributed by atoms with Crippen LogP contribution < -0.4 is 5.73 Å². The van der Waals surface area contributed by atoms with Crippen molar-refractivity contribution in [2.75, 3.05) is 5.73 Å². The fourth-order valence-electron chi connectivity index (χ4n) is 2.09. The van der Waals surface area contributed by atoms with Gasteiger partial charge >= 0.3 is 0 Å². The Labute approximate surface area is 127 Å². The third-order valence-electron chi connectivity index (χ3n) is 3.15. The van der Waals surface area contributed by atoms with Gasteiger partial charge in [-0.15, -0.1) is 11.3 Å². The number of nitrogens with zero attached hydrogens (tertiary/aromatic N) is 1. The second kappa shape index (κ2) is 5.04. The van der Waals surface area contributed by atoms with Crippen LogP contribution in [-0.2, 0) is 6.42 Å². The highest BCUT2D eigenvalue weighted by molar-refractivity contribution is 9.10. The number of benzene rings is 1. The lowest BCUT2D eigenvalue weighted by Gasteiger charge is -2.07. The third-order valence-corrected chi connectivity index (χ3v) is 5.10. The van der Waals surface area contributed by atoms with Gasteiger partial charge in [-0.2, -0.15) is 0 Å². The maximum absolute atomic E-state index is 13.2. The van der Waals surface area contributed by atoms with Crippen molar-refractivity contribution in [1.29, 1.82) is 0 Å². The van der Waals surface area contributed by atoms with Crippen LogP contribution in [0.5, 0.6) is 0 Å². The summed E-state index contributed by atoms with van der Waals surface area (Å²) in [6, 6.07) is 2.77. The van der Waals surface area contributed by atoms with Gasteiger partial charge in [-0.05, 0) is 30.5 Å². The zero-order valence-electron chi connectivity index (χ0n) is 9.92. The summed E-state index contributed by atoms with van der Waals surface area (Å²) in [5, 5.41) is 1.02. The molecule has 6 heteroatoms. The first-order chi connectivity index (χ1) is 9.04. The van der Waals surface area contributed by atoms with Crippen molar-refractivity contribution in [3.8, 4) is 0 Å². The Morgan fingerprint density at radius 2 is 2.21 bits per heavy atom. The molecule has 0 bridgehead atoms. The summed E-state index contributed by atoms with van der Waals surface area (Å²) in [6.45, 7) is 0. The van der Waals surface area contributed by atoms with Crippen molar-refractivity contribution in [2.45, 2.75) is 25.2 Å². The van der Waals surface area contributed by atoms with E-state index in [9.17, 15) is 4.39 Å². The first kappa shape index (κ1) is 13.3. The summed E-state index contributed by atoms with van der Waals surface area (Å²) in [5.74, 6) is 0.202. The minimum atomic E-state index is -0.341. The van der Waals surface area contributed by atoms with E-state index in [0.717, 1.165) is 16.1 Å². The Bertz CT molecular complexity index is 617. The topological polar surface area (TPSA) is 38.9 Å². The van der Waals surface area contributed by atoms with Crippen LogP contribution in [0.1, 0.15) is 34.9 Å². The van der Waals surface area contributed by atoms with Crippen LogP contribution >= 0.6 is 38.9 Å². The van der Waals surface area contributed by atoms with Gasteiger partial charge in [0, 0.05) is 26.7 Å². The highest BCUT2D eigenvalue weighted by Gasteiger charge is 2.29. The average molecular weight is 362 g/mol. The molecule has 2 N–H and O–H groups in total. The summed E-state index contributed by atoms with van der Waals surface area (Å²) in [6.07, 6.45) is 2.99. The molecule has 1 heterocycles. The lowest BCUT2D eigenvalue weighted by Crippen LogP contribution is -1.94. The van der Waals surface area contributed by atoms with Crippen LogP contribution in [-0.4, -0.2) is 4.98 Å². The average Bonchev–Trinajstić information content (AvgIpc) is 3.08. The maximum atomic E-state index is 13.2. The molecule has 1 fully saturated rings. The highest BCUT2D eigenvalue weighted by atomic mass is 79.9. The summed E-state index contributed by atoms with van der Waals surface area (Å²) in [7, 11) is 0. The molecular formula is C13H11BrClFN2S. The Kier molecular flexibility index (Phi) is 3.53. The predicted octanol–water partition coefficient (Wildman–Crippen LogP) is 4.75. The number of hydrogen-bond acceptors (Lipinski definition) is 3. The number of anilines is 1. The smallest absolute Gasteiger partial charge is 0.180 e. The van der Waals surface area contributed by atoms with E-state index in [-0.39, 0.29) is 5.82 Å². The minimum absolute atomic E-state index is 0.341. The fourth-order valence-corrected chi connectivity index (χ4v) is 3.98. The molecule has 1 aliphatic rings. The van der Waals surface area contributed by atoms with Gasteiger partial charge in [0.05, 0.1) is 5.69 Å². The molecule has 0 amide bonds. The van der Waals surface area contributed by atoms with Crippen LogP contribution in [0.4, 0.5) is 9.52 Å². The normalized spacial score (nSPS) is 14.9. The molecule has 2 nitrogen and oxygen atoms in total. The molecule has 2 aromatic rings. The van der Waals surface area contributed by atoms with Gasteiger partial charge in [-0.3, -0.25) is 0 Å².